The predicted octanol–water partition coefficient (Wildman–Crippen LogP) is 0.945. The highest BCUT2D eigenvalue weighted by atomic mass is 32.1. The van der Waals surface area contributed by atoms with Crippen molar-refractivity contribution in [3.8, 4) is 0 Å². The Hall–Kier alpha value is -1.40. The number of rotatable bonds is 5. The van der Waals surface area contributed by atoms with Crippen molar-refractivity contribution in [2.75, 3.05) is 34.2 Å². The molecule has 1 aromatic heterocycles. The van der Waals surface area contributed by atoms with E-state index in [1.165, 1.54) is 5.56 Å². The van der Waals surface area contributed by atoms with E-state index in [4.69, 9.17) is 0 Å². The third-order valence-corrected chi connectivity index (χ3v) is 4.43. The number of hydrogen-bond acceptors (Lipinski definition) is 4. The van der Waals surface area contributed by atoms with Crippen molar-refractivity contribution in [2.45, 2.75) is 12.5 Å². The summed E-state index contributed by atoms with van der Waals surface area (Å²) in [5, 5.41) is 7.12. The maximum Gasteiger partial charge on any atom is 0.225 e. The second kappa shape index (κ2) is 6.37. The first-order valence-electron chi connectivity index (χ1n) is 6.69. The third kappa shape index (κ3) is 3.37. The molecule has 1 aliphatic rings. The van der Waals surface area contributed by atoms with Gasteiger partial charge in [0, 0.05) is 26.6 Å². The maximum absolute atomic E-state index is 12.1. The van der Waals surface area contributed by atoms with Crippen LogP contribution in [0.5, 0.6) is 0 Å². The second-order valence-corrected chi connectivity index (χ2v) is 6.24. The fourth-order valence-corrected chi connectivity index (χ4v) is 3.15. The highest BCUT2D eigenvalue weighted by Crippen LogP contribution is 2.21. The van der Waals surface area contributed by atoms with Gasteiger partial charge in [-0.25, -0.2) is 0 Å². The molecule has 1 aliphatic heterocycles. The van der Waals surface area contributed by atoms with E-state index in [-0.39, 0.29) is 23.8 Å². The van der Waals surface area contributed by atoms with Gasteiger partial charge in [0.25, 0.3) is 0 Å². The minimum atomic E-state index is -0.210. The van der Waals surface area contributed by atoms with Gasteiger partial charge in [0.05, 0.1) is 12.0 Å². The van der Waals surface area contributed by atoms with Crippen LogP contribution in [0.1, 0.15) is 18.0 Å². The predicted molar refractivity (Wildman–Crippen MR) is 79.5 cm³/mol. The molecule has 2 atom stereocenters. The van der Waals surface area contributed by atoms with Crippen LogP contribution in [0.3, 0.4) is 0 Å². The van der Waals surface area contributed by atoms with E-state index in [1.807, 2.05) is 19.5 Å². The molecular formula is C14H21N3O2S. The van der Waals surface area contributed by atoms with E-state index in [0.29, 0.717) is 19.5 Å². The van der Waals surface area contributed by atoms with Gasteiger partial charge >= 0.3 is 0 Å². The molecule has 0 aliphatic carbocycles. The number of nitrogens with zero attached hydrogens (tertiary/aromatic N) is 2. The molecule has 2 unspecified atom stereocenters. The molecule has 1 aromatic rings. The summed E-state index contributed by atoms with van der Waals surface area (Å²) < 4.78 is 0. The van der Waals surface area contributed by atoms with Crippen LogP contribution in [0.4, 0.5) is 0 Å². The van der Waals surface area contributed by atoms with Crippen molar-refractivity contribution < 1.29 is 9.59 Å². The molecule has 2 amide bonds. The number of carbonyl (C=O) groups excluding carboxylic acids is 2. The van der Waals surface area contributed by atoms with Crippen molar-refractivity contribution in [1.82, 2.24) is 15.1 Å². The van der Waals surface area contributed by atoms with Gasteiger partial charge in [0.2, 0.25) is 11.8 Å². The molecule has 0 aromatic carbocycles. The SMILES string of the molecule is CN1CC(C(=O)NCC(c2ccsc2)N(C)C)CC1=O. The number of thiophene rings is 1. The first kappa shape index (κ1) is 15.0. The largest absolute Gasteiger partial charge is 0.354 e. The number of amides is 2. The molecule has 0 bridgehead atoms. The molecule has 20 heavy (non-hydrogen) atoms. The van der Waals surface area contributed by atoms with Crippen molar-refractivity contribution in [3.05, 3.63) is 22.4 Å². The third-order valence-electron chi connectivity index (χ3n) is 3.73. The zero-order valence-corrected chi connectivity index (χ0v) is 12.9. The van der Waals surface area contributed by atoms with Gasteiger partial charge in [-0.2, -0.15) is 11.3 Å². The van der Waals surface area contributed by atoms with Crippen LogP contribution in [-0.4, -0.2) is 55.8 Å². The Morgan fingerprint density at radius 2 is 2.35 bits per heavy atom. The Bertz CT molecular complexity index is 473. The number of carbonyl (C=O) groups is 2. The Morgan fingerprint density at radius 3 is 2.85 bits per heavy atom. The summed E-state index contributed by atoms with van der Waals surface area (Å²) in [6, 6.07) is 2.24. The monoisotopic (exact) mass is 295 g/mol. The van der Waals surface area contributed by atoms with Crippen LogP contribution >= 0.6 is 11.3 Å². The molecule has 110 valence electrons. The summed E-state index contributed by atoms with van der Waals surface area (Å²) in [5.74, 6) is -0.185. The van der Waals surface area contributed by atoms with Crippen molar-refractivity contribution >= 4 is 23.2 Å². The summed E-state index contributed by atoms with van der Waals surface area (Å²) in [6.07, 6.45) is 0.327. The molecule has 5 nitrogen and oxygen atoms in total. The smallest absolute Gasteiger partial charge is 0.225 e. The summed E-state index contributed by atoms with van der Waals surface area (Å²) in [5.41, 5.74) is 1.21. The van der Waals surface area contributed by atoms with Crippen LogP contribution < -0.4 is 5.32 Å². The first-order chi connectivity index (χ1) is 9.49. The topological polar surface area (TPSA) is 52.7 Å². The molecule has 1 N–H and O–H groups in total. The minimum Gasteiger partial charge on any atom is -0.354 e. The zero-order valence-electron chi connectivity index (χ0n) is 12.1. The molecule has 0 spiro atoms. The summed E-state index contributed by atoms with van der Waals surface area (Å²) in [6.45, 7) is 1.09. The van der Waals surface area contributed by atoms with Gasteiger partial charge in [0.1, 0.15) is 0 Å². The molecule has 0 radical (unpaired) electrons. The van der Waals surface area contributed by atoms with Crippen LogP contribution in [0.25, 0.3) is 0 Å². The van der Waals surface area contributed by atoms with Gasteiger partial charge in [-0.3, -0.25) is 9.59 Å². The second-order valence-electron chi connectivity index (χ2n) is 5.46. The number of likely N-dealkylation sites (tertiary alicyclic amines) is 1. The lowest BCUT2D eigenvalue weighted by molar-refractivity contribution is -0.128. The van der Waals surface area contributed by atoms with Gasteiger partial charge < -0.3 is 15.1 Å². The number of likely N-dealkylation sites (N-methyl/N-ethyl adjacent to an activating group) is 1. The van der Waals surface area contributed by atoms with Crippen molar-refractivity contribution in [1.29, 1.82) is 0 Å². The molecule has 2 heterocycles. The van der Waals surface area contributed by atoms with E-state index in [2.05, 4.69) is 21.7 Å². The Morgan fingerprint density at radius 1 is 1.60 bits per heavy atom. The highest BCUT2D eigenvalue weighted by Gasteiger charge is 2.32. The van der Waals surface area contributed by atoms with Gasteiger partial charge in [-0.15, -0.1) is 0 Å². The van der Waals surface area contributed by atoms with E-state index in [1.54, 1.807) is 23.3 Å². The van der Waals surface area contributed by atoms with Crippen LogP contribution in [-0.2, 0) is 9.59 Å². The summed E-state index contributed by atoms with van der Waals surface area (Å²) in [7, 11) is 5.74. The molecule has 0 saturated carbocycles. The highest BCUT2D eigenvalue weighted by molar-refractivity contribution is 7.07. The van der Waals surface area contributed by atoms with Gasteiger partial charge in [-0.05, 0) is 36.5 Å². The van der Waals surface area contributed by atoms with E-state index < -0.39 is 0 Å². The van der Waals surface area contributed by atoms with Crippen LogP contribution in [0.2, 0.25) is 0 Å². The average Bonchev–Trinajstić information content (AvgIpc) is 3.00. The standard InChI is InChI=1S/C14H21N3O2S/c1-16(2)12(10-4-5-20-9-10)7-15-14(19)11-6-13(18)17(3)8-11/h4-5,9,11-12H,6-8H2,1-3H3,(H,15,19). The van der Waals surface area contributed by atoms with E-state index >= 15 is 0 Å². The fraction of sp³-hybridized carbons (Fsp3) is 0.571. The number of hydrogen-bond donors (Lipinski definition) is 1. The summed E-state index contributed by atoms with van der Waals surface area (Å²) in [4.78, 5) is 27.3. The lowest BCUT2D eigenvalue weighted by Gasteiger charge is -2.24. The Labute approximate surface area is 123 Å². The normalized spacial score (nSPS) is 20.5. The quantitative estimate of drug-likeness (QED) is 0.880. The van der Waals surface area contributed by atoms with E-state index in [9.17, 15) is 9.59 Å². The molecule has 1 fully saturated rings. The van der Waals surface area contributed by atoms with Crippen molar-refractivity contribution in [2.24, 2.45) is 5.92 Å². The zero-order chi connectivity index (χ0) is 14.7. The lowest BCUT2D eigenvalue weighted by Crippen LogP contribution is -2.38. The van der Waals surface area contributed by atoms with Crippen molar-refractivity contribution in [3.63, 3.8) is 0 Å². The fourth-order valence-electron chi connectivity index (χ4n) is 2.44. The molecule has 6 heteroatoms. The lowest BCUT2D eigenvalue weighted by atomic mass is 10.1. The van der Waals surface area contributed by atoms with Crippen LogP contribution in [0.15, 0.2) is 16.8 Å². The average molecular weight is 295 g/mol. The summed E-state index contributed by atoms with van der Waals surface area (Å²) >= 11 is 1.65. The molecule has 1 saturated heterocycles. The van der Waals surface area contributed by atoms with E-state index in [0.717, 1.165) is 0 Å². The van der Waals surface area contributed by atoms with Crippen LogP contribution in [0, 0.1) is 5.92 Å². The first-order valence-corrected chi connectivity index (χ1v) is 7.63. The Kier molecular flexibility index (Phi) is 4.77. The molecular weight excluding hydrogens is 274 g/mol. The minimum absolute atomic E-state index is 0.0234. The maximum atomic E-state index is 12.1. The van der Waals surface area contributed by atoms with Gasteiger partial charge in [-0.1, -0.05) is 0 Å². The number of nitrogens with one attached hydrogen (secondary N) is 1. The van der Waals surface area contributed by atoms with Gasteiger partial charge in [0.15, 0.2) is 0 Å². The Balaban J connectivity index is 1.90. The molecule has 2 rings (SSSR count).